The highest BCUT2D eigenvalue weighted by Gasteiger charge is 2.14. The molecule has 1 saturated heterocycles. The fourth-order valence-corrected chi connectivity index (χ4v) is 1.45. The van der Waals surface area contributed by atoms with Crippen LogP contribution in [0.2, 0.25) is 0 Å². The van der Waals surface area contributed by atoms with E-state index in [9.17, 15) is 0 Å². The summed E-state index contributed by atoms with van der Waals surface area (Å²) in [5, 5.41) is 11.5. The summed E-state index contributed by atoms with van der Waals surface area (Å²) < 4.78 is 0. The number of rotatable bonds is 2. The zero-order valence-electron chi connectivity index (χ0n) is 6.81. The molecule has 12 heavy (non-hydrogen) atoms. The lowest BCUT2D eigenvalue weighted by Gasteiger charge is -2.07. The molecule has 1 N–H and O–H groups in total. The van der Waals surface area contributed by atoms with Crippen molar-refractivity contribution in [3.05, 3.63) is 12.4 Å². The van der Waals surface area contributed by atoms with E-state index < -0.39 is 0 Å². The highest BCUT2D eigenvalue weighted by Crippen LogP contribution is 2.05. The topological polar surface area (TPSA) is 42.7 Å². The average Bonchev–Trinajstić information content (AvgIpc) is 2.60. The number of halogens is 1. The smallest absolute Gasteiger partial charge is 0.0760 e. The van der Waals surface area contributed by atoms with Crippen molar-refractivity contribution >= 4 is 12.4 Å². The van der Waals surface area contributed by atoms with Gasteiger partial charge < -0.3 is 5.32 Å². The Kier molecular flexibility index (Phi) is 3.49. The molecule has 4 nitrogen and oxygen atoms in total. The summed E-state index contributed by atoms with van der Waals surface area (Å²) in [5.41, 5.74) is 0. The molecule has 1 aromatic rings. The number of nitrogens with zero attached hydrogens (tertiary/aromatic N) is 3. The van der Waals surface area contributed by atoms with Crippen LogP contribution in [0.5, 0.6) is 0 Å². The molecule has 1 unspecified atom stereocenters. The predicted octanol–water partition coefficient (Wildman–Crippen LogP) is 0.452. The lowest BCUT2D eigenvalue weighted by atomic mass is 10.2. The van der Waals surface area contributed by atoms with Crippen LogP contribution in [0.1, 0.15) is 12.8 Å². The van der Waals surface area contributed by atoms with Gasteiger partial charge in [-0.15, -0.1) is 12.4 Å². The van der Waals surface area contributed by atoms with Crippen molar-refractivity contribution in [2.45, 2.75) is 25.4 Å². The molecule has 5 heteroatoms. The molecule has 2 heterocycles. The van der Waals surface area contributed by atoms with Crippen molar-refractivity contribution in [1.82, 2.24) is 20.3 Å². The fraction of sp³-hybridized carbons (Fsp3) is 0.714. The van der Waals surface area contributed by atoms with Gasteiger partial charge in [-0.25, -0.2) is 0 Å². The van der Waals surface area contributed by atoms with Crippen LogP contribution in [0.4, 0.5) is 0 Å². The van der Waals surface area contributed by atoms with Crippen LogP contribution in [0.25, 0.3) is 0 Å². The second-order valence-corrected chi connectivity index (χ2v) is 2.88. The second kappa shape index (κ2) is 4.42. The molecule has 1 atom stereocenters. The van der Waals surface area contributed by atoms with E-state index in [0.29, 0.717) is 6.04 Å². The monoisotopic (exact) mass is 188 g/mol. The van der Waals surface area contributed by atoms with Crippen molar-refractivity contribution in [3.8, 4) is 0 Å². The molecule has 2 rings (SSSR count). The van der Waals surface area contributed by atoms with Gasteiger partial charge in [0.15, 0.2) is 0 Å². The van der Waals surface area contributed by atoms with Gasteiger partial charge in [-0.2, -0.15) is 15.0 Å². The lowest BCUT2D eigenvalue weighted by molar-refractivity contribution is 0.436. The minimum absolute atomic E-state index is 0. The Hall–Kier alpha value is -0.610. The van der Waals surface area contributed by atoms with Gasteiger partial charge in [0.05, 0.1) is 18.9 Å². The Morgan fingerprint density at radius 1 is 1.42 bits per heavy atom. The maximum atomic E-state index is 4.05. The van der Waals surface area contributed by atoms with E-state index in [0.717, 1.165) is 13.1 Å². The zero-order chi connectivity index (χ0) is 7.52. The van der Waals surface area contributed by atoms with Gasteiger partial charge in [-0.3, -0.25) is 0 Å². The second-order valence-electron chi connectivity index (χ2n) is 2.88. The van der Waals surface area contributed by atoms with Crippen molar-refractivity contribution in [3.63, 3.8) is 0 Å². The third-order valence-electron chi connectivity index (χ3n) is 2.01. The van der Waals surface area contributed by atoms with Crippen LogP contribution in [-0.4, -0.2) is 27.6 Å². The average molecular weight is 189 g/mol. The van der Waals surface area contributed by atoms with Crippen LogP contribution in [0.15, 0.2) is 12.4 Å². The summed E-state index contributed by atoms with van der Waals surface area (Å²) in [6.45, 7) is 2.05. The minimum atomic E-state index is 0. The third-order valence-corrected chi connectivity index (χ3v) is 2.01. The maximum Gasteiger partial charge on any atom is 0.0760 e. The summed E-state index contributed by atoms with van der Waals surface area (Å²) in [4.78, 5) is 1.74. The van der Waals surface area contributed by atoms with Crippen molar-refractivity contribution in [2.75, 3.05) is 6.54 Å². The van der Waals surface area contributed by atoms with E-state index in [2.05, 4.69) is 15.5 Å². The van der Waals surface area contributed by atoms with Gasteiger partial charge in [-0.05, 0) is 19.4 Å². The van der Waals surface area contributed by atoms with Crippen LogP contribution in [-0.2, 0) is 6.54 Å². The summed E-state index contributed by atoms with van der Waals surface area (Å²) in [5.74, 6) is 0. The van der Waals surface area contributed by atoms with E-state index >= 15 is 0 Å². The molecule has 0 bridgehead atoms. The molecule has 1 aliphatic heterocycles. The van der Waals surface area contributed by atoms with E-state index in [-0.39, 0.29) is 12.4 Å². The van der Waals surface area contributed by atoms with E-state index in [1.165, 1.54) is 12.8 Å². The van der Waals surface area contributed by atoms with Crippen LogP contribution < -0.4 is 5.32 Å². The first kappa shape index (κ1) is 9.48. The van der Waals surface area contributed by atoms with Gasteiger partial charge in [-0.1, -0.05) is 0 Å². The Bertz CT molecular complexity index is 205. The Balaban J connectivity index is 0.000000720. The van der Waals surface area contributed by atoms with Crippen LogP contribution in [0.3, 0.4) is 0 Å². The molecule has 1 aromatic heterocycles. The first-order chi connectivity index (χ1) is 5.45. The van der Waals surface area contributed by atoms with Crippen molar-refractivity contribution in [2.24, 2.45) is 0 Å². The number of hydrogen-bond donors (Lipinski definition) is 1. The number of hydrogen-bond acceptors (Lipinski definition) is 3. The first-order valence-electron chi connectivity index (χ1n) is 4.02. The van der Waals surface area contributed by atoms with Crippen molar-refractivity contribution < 1.29 is 0 Å². The molecule has 0 amide bonds. The normalized spacial score (nSPS) is 22.2. The SMILES string of the molecule is Cl.c1cnn(CC2CCCN2)n1. The number of aromatic nitrogens is 3. The largest absolute Gasteiger partial charge is 0.312 e. The van der Waals surface area contributed by atoms with E-state index in [1.54, 1.807) is 17.2 Å². The van der Waals surface area contributed by atoms with E-state index in [1.807, 2.05) is 0 Å². The molecule has 0 saturated carbocycles. The van der Waals surface area contributed by atoms with Crippen molar-refractivity contribution in [1.29, 1.82) is 0 Å². The summed E-state index contributed by atoms with van der Waals surface area (Å²) in [6.07, 6.45) is 5.97. The summed E-state index contributed by atoms with van der Waals surface area (Å²) >= 11 is 0. The van der Waals surface area contributed by atoms with Gasteiger partial charge in [0.25, 0.3) is 0 Å². The Morgan fingerprint density at radius 3 is 2.75 bits per heavy atom. The lowest BCUT2D eigenvalue weighted by Crippen LogP contribution is -2.27. The van der Waals surface area contributed by atoms with E-state index in [4.69, 9.17) is 0 Å². The Labute approximate surface area is 77.7 Å². The maximum absolute atomic E-state index is 4.05. The van der Waals surface area contributed by atoms with Crippen LogP contribution in [0, 0.1) is 0 Å². The molecule has 1 fully saturated rings. The van der Waals surface area contributed by atoms with Gasteiger partial charge in [0.1, 0.15) is 0 Å². The third kappa shape index (κ3) is 2.19. The Morgan fingerprint density at radius 2 is 2.17 bits per heavy atom. The highest BCUT2D eigenvalue weighted by molar-refractivity contribution is 5.85. The quantitative estimate of drug-likeness (QED) is 0.733. The van der Waals surface area contributed by atoms with Gasteiger partial charge in [0, 0.05) is 6.04 Å². The molecule has 68 valence electrons. The molecule has 0 spiro atoms. The standard InChI is InChI=1S/C7H12N4.ClH/c1-2-7(8-3-1)6-11-9-4-5-10-11;/h4-5,7-8H,1-3,6H2;1H. The first-order valence-corrected chi connectivity index (χ1v) is 4.02. The summed E-state index contributed by atoms with van der Waals surface area (Å²) in [6, 6.07) is 0.586. The van der Waals surface area contributed by atoms with Gasteiger partial charge >= 0.3 is 0 Å². The molecule has 0 aromatic carbocycles. The molecular formula is C7H13ClN4. The summed E-state index contributed by atoms with van der Waals surface area (Å²) in [7, 11) is 0. The molecule has 1 aliphatic rings. The molecule has 0 radical (unpaired) electrons. The van der Waals surface area contributed by atoms with Crippen LogP contribution >= 0.6 is 12.4 Å². The predicted molar refractivity (Wildman–Crippen MR) is 48.3 cm³/mol. The minimum Gasteiger partial charge on any atom is -0.312 e. The highest BCUT2D eigenvalue weighted by atomic mass is 35.5. The van der Waals surface area contributed by atoms with Gasteiger partial charge in [0.2, 0.25) is 0 Å². The zero-order valence-corrected chi connectivity index (χ0v) is 7.63. The fourth-order valence-electron chi connectivity index (χ4n) is 1.45. The molecular weight excluding hydrogens is 176 g/mol. The molecule has 0 aliphatic carbocycles. The number of nitrogens with one attached hydrogen (secondary N) is 1.